The van der Waals surface area contributed by atoms with Gasteiger partial charge in [-0.05, 0) is 56.9 Å². The minimum Gasteiger partial charge on any atom is -0.463 e. The van der Waals surface area contributed by atoms with Crippen LogP contribution in [0.2, 0.25) is 0 Å². The number of esters is 1. The third-order valence-electron chi connectivity index (χ3n) is 7.38. The molecular weight excluding hydrogens is 540 g/mol. The molecule has 2 fully saturated rings. The van der Waals surface area contributed by atoms with E-state index < -0.39 is 30.2 Å². The SMILES string of the molecule is CCOC(=O)/C=C/[C@H](C[C@@H]1CCNC1=O)NC(=O)[C@@H](CC(C)C)N1CCCCC(NC(=O)OCc2ccccc2)C1=O. The fourth-order valence-electron chi connectivity index (χ4n) is 5.26. The maximum Gasteiger partial charge on any atom is 0.408 e. The molecule has 2 aliphatic rings. The van der Waals surface area contributed by atoms with Crippen molar-refractivity contribution in [3.8, 4) is 0 Å². The van der Waals surface area contributed by atoms with Gasteiger partial charge in [0.15, 0.2) is 0 Å². The highest BCUT2D eigenvalue weighted by molar-refractivity contribution is 5.92. The first-order valence-corrected chi connectivity index (χ1v) is 14.9. The lowest BCUT2D eigenvalue weighted by Crippen LogP contribution is -2.56. The Balaban J connectivity index is 1.73. The van der Waals surface area contributed by atoms with Crippen LogP contribution in [0, 0.1) is 11.8 Å². The normalized spacial score (nSPS) is 20.5. The summed E-state index contributed by atoms with van der Waals surface area (Å²) in [7, 11) is 0. The summed E-state index contributed by atoms with van der Waals surface area (Å²) in [6.07, 6.45) is 5.28. The number of benzene rings is 1. The number of hydrogen-bond acceptors (Lipinski definition) is 7. The van der Waals surface area contributed by atoms with E-state index in [0.29, 0.717) is 51.6 Å². The van der Waals surface area contributed by atoms with Gasteiger partial charge in [0, 0.05) is 31.1 Å². The van der Waals surface area contributed by atoms with Crippen molar-refractivity contribution < 1.29 is 33.4 Å². The van der Waals surface area contributed by atoms with E-state index in [2.05, 4.69) is 16.0 Å². The first-order valence-electron chi connectivity index (χ1n) is 14.9. The molecule has 11 heteroatoms. The molecule has 1 aromatic rings. The van der Waals surface area contributed by atoms with Crippen LogP contribution in [0.3, 0.4) is 0 Å². The maximum atomic E-state index is 13.8. The van der Waals surface area contributed by atoms with E-state index in [1.807, 2.05) is 44.2 Å². The van der Waals surface area contributed by atoms with Crippen molar-refractivity contribution >= 4 is 29.8 Å². The van der Waals surface area contributed by atoms with Gasteiger partial charge in [0.2, 0.25) is 17.7 Å². The number of carbonyl (C=O) groups excluding carboxylic acids is 5. The fourth-order valence-corrected chi connectivity index (χ4v) is 5.26. The van der Waals surface area contributed by atoms with Crippen LogP contribution < -0.4 is 16.0 Å². The molecule has 1 unspecified atom stereocenters. The van der Waals surface area contributed by atoms with Gasteiger partial charge in [0.1, 0.15) is 18.7 Å². The Bertz CT molecular complexity index is 1110. The Morgan fingerprint density at radius 2 is 1.86 bits per heavy atom. The summed E-state index contributed by atoms with van der Waals surface area (Å²) >= 11 is 0. The van der Waals surface area contributed by atoms with Crippen LogP contribution in [-0.4, -0.2) is 72.5 Å². The van der Waals surface area contributed by atoms with Gasteiger partial charge in [-0.1, -0.05) is 50.3 Å². The van der Waals surface area contributed by atoms with Crippen LogP contribution in [-0.2, 0) is 35.3 Å². The van der Waals surface area contributed by atoms with E-state index in [-0.39, 0.29) is 42.8 Å². The summed E-state index contributed by atoms with van der Waals surface area (Å²) < 4.78 is 10.3. The van der Waals surface area contributed by atoms with Gasteiger partial charge < -0.3 is 30.3 Å². The standard InChI is InChI=1S/C31H44N4O7/c1-4-41-27(36)14-13-24(19-23-15-16-32-28(23)37)33-29(38)26(18-21(2)3)35-17-9-8-12-25(30(35)39)34-31(40)42-20-22-10-6-5-7-11-22/h5-7,10-11,13-14,21,23-26H,4,8-9,12,15-20H2,1-3H3,(H,32,37)(H,33,38)(H,34,40)/b14-13+/t23-,24+,25?,26+/m0/s1. The third-order valence-corrected chi connectivity index (χ3v) is 7.38. The lowest BCUT2D eigenvalue weighted by atomic mass is 9.96. The first-order chi connectivity index (χ1) is 20.2. The van der Waals surface area contributed by atoms with Crippen LogP contribution >= 0.6 is 0 Å². The molecule has 0 spiro atoms. The smallest absolute Gasteiger partial charge is 0.408 e. The molecule has 2 saturated heterocycles. The topological polar surface area (TPSA) is 143 Å². The van der Waals surface area contributed by atoms with Crippen molar-refractivity contribution in [2.24, 2.45) is 11.8 Å². The lowest BCUT2D eigenvalue weighted by molar-refractivity contribution is -0.142. The van der Waals surface area contributed by atoms with Gasteiger partial charge in [-0.3, -0.25) is 14.4 Å². The summed E-state index contributed by atoms with van der Waals surface area (Å²) in [5, 5.41) is 8.48. The average molecular weight is 585 g/mol. The van der Waals surface area contributed by atoms with Crippen LogP contribution in [0.25, 0.3) is 0 Å². The van der Waals surface area contributed by atoms with Crippen LogP contribution in [0.5, 0.6) is 0 Å². The Labute approximate surface area is 247 Å². The van der Waals surface area contributed by atoms with Gasteiger partial charge in [0.25, 0.3) is 0 Å². The second kappa shape index (κ2) is 16.5. The molecule has 3 rings (SSSR count). The summed E-state index contributed by atoms with van der Waals surface area (Å²) in [6, 6.07) is 7.03. The number of nitrogens with one attached hydrogen (secondary N) is 3. The number of ether oxygens (including phenoxy) is 2. The minimum atomic E-state index is -0.820. The highest BCUT2D eigenvalue weighted by atomic mass is 16.5. The number of carbonyl (C=O) groups is 5. The van der Waals surface area contributed by atoms with Crippen molar-refractivity contribution in [1.82, 2.24) is 20.9 Å². The molecule has 1 aromatic carbocycles. The van der Waals surface area contributed by atoms with Crippen molar-refractivity contribution in [1.29, 1.82) is 0 Å². The molecule has 3 N–H and O–H groups in total. The summed E-state index contributed by atoms with van der Waals surface area (Å²) in [6.45, 7) is 6.87. The van der Waals surface area contributed by atoms with Gasteiger partial charge in [-0.15, -0.1) is 0 Å². The molecule has 11 nitrogen and oxygen atoms in total. The molecule has 0 saturated carbocycles. The third kappa shape index (κ3) is 10.2. The molecular formula is C31H44N4O7. The zero-order valence-electron chi connectivity index (χ0n) is 24.8. The van der Waals surface area contributed by atoms with E-state index in [1.165, 1.54) is 6.08 Å². The van der Waals surface area contributed by atoms with Crippen LogP contribution in [0.15, 0.2) is 42.5 Å². The van der Waals surface area contributed by atoms with Gasteiger partial charge in [-0.2, -0.15) is 0 Å². The van der Waals surface area contributed by atoms with Crippen molar-refractivity contribution in [3.63, 3.8) is 0 Å². The fraction of sp³-hybridized carbons (Fsp3) is 0.581. The first kappa shape index (κ1) is 32.6. The van der Waals surface area contributed by atoms with Crippen molar-refractivity contribution in [2.75, 3.05) is 19.7 Å². The number of likely N-dealkylation sites (tertiary alicyclic amines) is 1. The van der Waals surface area contributed by atoms with Crippen molar-refractivity contribution in [3.05, 3.63) is 48.0 Å². The van der Waals surface area contributed by atoms with Crippen LogP contribution in [0.4, 0.5) is 4.79 Å². The van der Waals surface area contributed by atoms with E-state index in [1.54, 1.807) is 17.9 Å². The minimum absolute atomic E-state index is 0.0788. The number of amides is 4. The molecule has 0 bridgehead atoms. The summed E-state index contributed by atoms with van der Waals surface area (Å²) in [4.78, 5) is 65.9. The Kier molecular flexibility index (Phi) is 12.8. The Morgan fingerprint density at radius 3 is 2.52 bits per heavy atom. The van der Waals surface area contributed by atoms with Gasteiger partial charge >= 0.3 is 12.1 Å². The largest absolute Gasteiger partial charge is 0.463 e. The van der Waals surface area contributed by atoms with Gasteiger partial charge in [0.05, 0.1) is 6.61 Å². The molecule has 4 amide bonds. The molecule has 0 aromatic heterocycles. The van der Waals surface area contributed by atoms with Crippen LogP contribution in [0.1, 0.15) is 64.9 Å². The molecule has 0 radical (unpaired) electrons. The maximum absolute atomic E-state index is 13.8. The van der Waals surface area contributed by atoms with E-state index in [9.17, 15) is 24.0 Å². The van der Waals surface area contributed by atoms with Gasteiger partial charge in [-0.25, -0.2) is 9.59 Å². The second-order valence-electron chi connectivity index (χ2n) is 11.2. The predicted octanol–water partition coefficient (Wildman–Crippen LogP) is 2.84. The zero-order chi connectivity index (χ0) is 30.5. The molecule has 2 aliphatic heterocycles. The molecule has 4 atom stereocenters. The summed E-state index contributed by atoms with van der Waals surface area (Å²) in [5.74, 6) is -1.55. The quantitative estimate of drug-likeness (QED) is 0.239. The molecule has 0 aliphatic carbocycles. The highest BCUT2D eigenvalue weighted by Crippen LogP contribution is 2.22. The average Bonchev–Trinajstić information content (AvgIpc) is 3.28. The van der Waals surface area contributed by atoms with E-state index in [4.69, 9.17) is 9.47 Å². The monoisotopic (exact) mass is 584 g/mol. The zero-order valence-corrected chi connectivity index (χ0v) is 24.8. The number of alkyl carbamates (subject to hydrolysis) is 1. The predicted molar refractivity (Wildman–Crippen MR) is 156 cm³/mol. The Hall–Kier alpha value is -3.89. The second-order valence-corrected chi connectivity index (χ2v) is 11.2. The number of hydrogen-bond donors (Lipinski definition) is 3. The van der Waals surface area contributed by atoms with E-state index >= 15 is 0 Å². The molecule has 2 heterocycles. The Morgan fingerprint density at radius 1 is 1.10 bits per heavy atom. The number of nitrogens with zero attached hydrogens (tertiary/aromatic N) is 1. The molecule has 42 heavy (non-hydrogen) atoms. The van der Waals surface area contributed by atoms with E-state index in [0.717, 1.165) is 5.56 Å². The van der Waals surface area contributed by atoms with Crippen molar-refractivity contribution in [2.45, 2.75) is 84.0 Å². The highest BCUT2D eigenvalue weighted by Gasteiger charge is 2.37. The summed E-state index contributed by atoms with van der Waals surface area (Å²) in [5.41, 5.74) is 0.830. The lowest BCUT2D eigenvalue weighted by Gasteiger charge is -2.34. The number of rotatable bonds is 13. The molecule has 230 valence electrons.